The van der Waals surface area contributed by atoms with Crippen LogP contribution in [0, 0.1) is 0 Å². The Kier molecular flexibility index (Phi) is 5.14. The van der Waals surface area contributed by atoms with Crippen molar-refractivity contribution in [3.05, 3.63) is 76.9 Å². The van der Waals surface area contributed by atoms with Crippen molar-refractivity contribution in [1.29, 1.82) is 0 Å². The molecule has 1 aliphatic rings. The lowest BCUT2D eigenvalue weighted by Crippen LogP contribution is -2.25. The van der Waals surface area contributed by atoms with E-state index in [-0.39, 0.29) is 28.1 Å². The zero-order valence-electron chi connectivity index (χ0n) is 16.3. The van der Waals surface area contributed by atoms with Gasteiger partial charge in [-0.3, -0.25) is 14.1 Å². The molecule has 0 saturated carbocycles. The topological polar surface area (TPSA) is 136 Å². The number of nitrogen functional groups attached to an aromatic ring is 1. The Hall–Kier alpha value is -3.90. The van der Waals surface area contributed by atoms with E-state index >= 15 is 0 Å². The second-order valence-corrected chi connectivity index (χ2v) is 8.36. The number of rotatable bonds is 4. The van der Waals surface area contributed by atoms with Crippen LogP contribution in [0.2, 0.25) is 0 Å². The third-order valence-electron chi connectivity index (χ3n) is 4.82. The van der Waals surface area contributed by atoms with Crippen LogP contribution < -0.4 is 15.8 Å². The number of hydrogen-bond acceptors (Lipinski definition) is 7. The molecule has 170 valence electrons. The maximum atomic E-state index is 13.2. The van der Waals surface area contributed by atoms with E-state index in [2.05, 4.69) is 10.1 Å². The summed E-state index contributed by atoms with van der Waals surface area (Å²) in [5, 5.41) is 2.63. The summed E-state index contributed by atoms with van der Waals surface area (Å²) < 4.78 is 74.9. The monoisotopic (exact) mass is 478 g/mol. The van der Waals surface area contributed by atoms with E-state index in [4.69, 9.17) is 5.73 Å². The lowest BCUT2D eigenvalue weighted by Gasteiger charge is -2.23. The fraction of sp³-hybridized carbons (Fsp3) is 0.0476. The second-order valence-electron chi connectivity index (χ2n) is 6.97. The molecule has 0 aliphatic heterocycles. The van der Waals surface area contributed by atoms with Crippen molar-refractivity contribution in [1.82, 2.24) is 0 Å². The first-order chi connectivity index (χ1) is 15.4. The van der Waals surface area contributed by atoms with Crippen LogP contribution in [0.15, 0.2) is 59.5 Å². The summed E-state index contributed by atoms with van der Waals surface area (Å²) in [6.45, 7) is 0. The van der Waals surface area contributed by atoms with E-state index in [1.54, 1.807) is 0 Å². The molecule has 0 fully saturated rings. The fourth-order valence-electron chi connectivity index (χ4n) is 3.53. The van der Waals surface area contributed by atoms with Crippen molar-refractivity contribution in [3.63, 3.8) is 0 Å². The summed E-state index contributed by atoms with van der Waals surface area (Å²) in [5.41, 5.74) is 4.25. The van der Waals surface area contributed by atoms with Gasteiger partial charge in [0.15, 0.2) is 11.6 Å². The highest BCUT2D eigenvalue weighted by Crippen LogP contribution is 2.40. The van der Waals surface area contributed by atoms with Crippen LogP contribution in [0.25, 0.3) is 0 Å². The number of fused-ring (bicyclic) bond motifs is 2. The van der Waals surface area contributed by atoms with E-state index in [9.17, 15) is 35.7 Å². The maximum absolute atomic E-state index is 13.2. The summed E-state index contributed by atoms with van der Waals surface area (Å²) >= 11 is 0. The summed E-state index contributed by atoms with van der Waals surface area (Å²) in [6.07, 6.45) is -4.96. The standard InChI is InChI=1S/C21H13F3N2O6S/c22-21(23,24)32-11-5-3-4-10(8-11)26-14-9-15(33(29,30)31)18(25)17-16(14)19(27)12-6-1-2-7-13(12)20(17)28/h1-9,26H,25H2,(H,29,30,31). The number of halogens is 3. The van der Waals surface area contributed by atoms with Crippen LogP contribution in [0.4, 0.5) is 30.2 Å². The van der Waals surface area contributed by atoms with Gasteiger partial charge in [0.1, 0.15) is 10.6 Å². The molecule has 0 bridgehead atoms. The van der Waals surface area contributed by atoms with Crippen molar-refractivity contribution in [3.8, 4) is 5.75 Å². The van der Waals surface area contributed by atoms with Gasteiger partial charge in [-0.25, -0.2) is 0 Å². The van der Waals surface area contributed by atoms with Gasteiger partial charge in [-0.1, -0.05) is 30.3 Å². The van der Waals surface area contributed by atoms with E-state index in [0.717, 1.165) is 18.2 Å². The van der Waals surface area contributed by atoms with Gasteiger partial charge in [0, 0.05) is 22.9 Å². The van der Waals surface area contributed by atoms with E-state index in [1.165, 1.54) is 36.4 Å². The molecule has 0 atom stereocenters. The summed E-state index contributed by atoms with van der Waals surface area (Å²) in [5.74, 6) is -2.00. The number of hydrogen-bond donors (Lipinski definition) is 3. The largest absolute Gasteiger partial charge is 0.573 e. The number of ether oxygens (including phenoxy) is 1. The Bertz CT molecular complexity index is 1430. The lowest BCUT2D eigenvalue weighted by molar-refractivity contribution is -0.274. The van der Waals surface area contributed by atoms with Gasteiger partial charge < -0.3 is 15.8 Å². The van der Waals surface area contributed by atoms with E-state index in [0.29, 0.717) is 0 Å². The molecule has 4 rings (SSSR count). The Morgan fingerprint density at radius 3 is 2.09 bits per heavy atom. The van der Waals surface area contributed by atoms with Gasteiger partial charge in [-0.05, 0) is 18.2 Å². The summed E-state index contributed by atoms with van der Waals surface area (Å²) in [4.78, 5) is 25.4. The third kappa shape index (κ3) is 4.13. The summed E-state index contributed by atoms with van der Waals surface area (Å²) in [6, 6.07) is 11.1. The Morgan fingerprint density at radius 2 is 1.52 bits per heavy atom. The molecule has 1 aliphatic carbocycles. The van der Waals surface area contributed by atoms with Gasteiger partial charge in [0.2, 0.25) is 0 Å². The molecule has 3 aromatic carbocycles. The number of anilines is 3. The fourth-order valence-corrected chi connectivity index (χ4v) is 4.18. The average molecular weight is 478 g/mol. The molecule has 33 heavy (non-hydrogen) atoms. The van der Waals surface area contributed by atoms with Crippen molar-refractivity contribution >= 4 is 38.7 Å². The van der Waals surface area contributed by atoms with Crippen molar-refractivity contribution in [2.24, 2.45) is 0 Å². The number of ketones is 2. The highest BCUT2D eigenvalue weighted by molar-refractivity contribution is 7.86. The maximum Gasteiger partial charge on any atom is 0.573 e. The molecular weight excluding hydrogens is 465 g/mol. The molecule has 0 amide bonds. The molecular formula is C21H13F3N2O6S. The normalized spacial score (nSPS) is 13.3. The molecule has 0 saturated heterocycles. The summed E-state index contributed by atoms with van der Waals surface area (Å²) in [7, 11) is -4.93. The van der Waals surface area contributed by atoms with Crippen LogP contribution in [-0.4, -0.2) is 30.9 Å². The third-order valence-corrected chi connectivity index (χ3v) is 5.72. The highest BCUT2D eigenvalue weighted by Gasteiger charge is 2.36. The molecule has 3 aromatic rings. The van der Waals surface area contributed by atoms with Crippen LogP contribution in [0.3, 0.4) is 0 Å². The van der Waals surface area contributed by atoms with Crippen molar-refractivity contribution < 1.29 is 40.5 Å². The van der Waals surface area contributed by atoms with Crippen molar-refractivity contribution in [2.75, 3.05) is 11.1 Å². The number of carbonyl (C=O) groups excluding carboxylic acids is 2. The van der Waals surface area contributed by atoms with E-state index in [1.807, 2.05) is 0 Å². The van der Waals surface area contributed by atoms with Crippen LogP contribution in [-0.2, 0) is 10.1 Å². The zero-order valence-corrected chi connectivity index (χ0v) is 17.1. The highest BCUT2D eigenvalue weighted by atomic mass is 32.2. The average Bonchev–Trinajstić information content (AvgIpc) is 2.71. The zero-order chi connectivity index (χ0) is 24.1. The first-order valence-corrected chi connectivity index (χ1v) is 10.6. The van der Waals surface area contributed by atoms with E-state index < -0.39 is 49.9 Å². The molecule has 4 N–H and O–H groups in total. The number of carbonyl (C=O) groups is 2. The Balaban J connectivity index is 1.92. The first kappa shape index (κ1) is 22.3. The first-order valence-electron chi connectivity index (χ1n) is 9.12. The molecule has 0 radical (unpaired) electrons. The minimum atomic E-state index is -4.96. The van der Waals surface area contributed by atoms with Crippen LogP contribution >= 0.6 is 0 Å². The molecule has 8 nitrogen and oxygen atoms in total. The molecule has 0 unspecified atom stereocenters. The second kappa shape index (κ2) is 7.60. The van der Waals surface area contributed by atoms with Gasteiger partial charge in [0.25, 0.3) is 10.1 Å². The van der Waals surface area contributed by atoms with Gasteiger partial charge in [-0.15, -0.1) is 13.2 Å². The van der Waals surface area contributed by atoms with Gasteiger partial charge in [0.05, 0.1) is 22.5 Å². The smallest absolute Gasteiger partial charge is 0.406 e. The Labute approximate surface area is 184 Å². The minimum absolute atomic E-state index is 0.0132. The predicted octanol–water partition coefficient (Wildman–Crippen LogP) is 3.93. The number of nitrogens with one attached hydrogen (secondary N) is 1. The predicted molar refractivity (Wildman–Crippen MR) is 110 cm³/mol. The van der Waals surface area contributed by atoms with Gasteiger partial charge >= 0.3 is 6.36 Å². The molecule has 12 heteroatoms. The van der Waals surface area contributed by atoms with Crippen molar-refractivity contribution in [2.45, 2.75) is 11.3 Å². The Morgan fingerprint density at radius 1 is 0.909 bits per heavy atom. The van der Waals surface area contributed by atoms with Gasteiger partial charge in [-0.2, -0.15) is 8.42 Å². The van der Waals surface area contributed by atoms with Crippen LogP contribution in [0.1, 0.15) is 31.8 Å². The molecule has 0 spiro atoms. The lowest BCUT2D eigenvalue weighted by atomic mass is 9.82. The quantitative estimate of drug-likeness (QED) is 0.297. The number of alkyl halides is 3. The molecule has 0 aromatic heterocycles. The number of benzene rings is 3. The van der Waals surface area contributed by atoms with Crippen LogP contribution in [0.5, 0.6) is 5.75 Å². The number of nitrogens with two attached hydrogens (primary N) is 1. The SMILES string of the molecule is Nc1c(S(=O)(=O)O)cc(Nc2cccc(OC(F)(F)F)c2)c2c1C(=O)c1ccccc1C2=O. The minimum Gasteiger partial charge on any atom is -0.406 e. The molecule has 0 heterocycles.